The van der Waals surface area contributed by atoms with Crippen LogP contribution < -0.4 is 9.47 Å². The van der Waals surface area contributed by atoms with Crippen LogP contribution in [0.1, 0.15) is 45.2 Å². The lowest BCUT2D eigenvalue weighted by molar-refractivity contribution is 0.0692. The molecule has 0 aromatic heterocycles. The van der Waals surface area contributed by atoms with Gasteiger partial charge in [0.25, 0.3) is 0 Å². The molecule has 28 heavy (non-hydrogen) atoms. The first kappa shape index (κ1) is 21.2. The number of rotatable bonds is 9. The summed E-state index contributed by atoms with van der Waals surface area (Å²) in [6.07, 6.45) is 0.903. The van der Waals surface area contributed by atoms with Gasteiger partial charge in [0.2, 0.25) is 0 Å². The molecular weight excluding hydrogens is 363 g/mol. The van der Waals surface area contributed by atoms with Gasteiger partial charge < -0.3 is 14.6 Å². The van der Waals surface area contributed by atoms with Crippen molar-refractivity contribution >= 4 is 11.8 Å². The molecule has 2 aromatic carbocycles. The second kappa shape index (κ2) is 9.17. The molecule has 0 aliphatic rings. The largest absolute Gasteiger partial charge is 0.496 e. The number of ketones is 1. The molecule has 0 bridgehead atoms. The number of methoxy groups -OCH3 is 2. The summed E-state index contributed by atoms with van der Waals surface area (Å²) in [6.45, 7) is 5.75. The van der Waals surface area contributed by atoms with Gasteiger partial charge in [0, 0.05) is 18.1 Å². The molecule has 0 spiro atoms. The topological polar surface area (TPSA) is 72.8 Å². The molecule has 0 saturated carbocycles. The van der Waals surface area contributed by atoms with E-state index < -0.39 is 11.8 Å². The molecule has 0 aliphatic heterocycles. The molecule has 0 radical (unpaired) electrons. The van der Waals surface area contributed by atoms with Gasteiger partial charge in [-0.3, -0.25) is 4.79 Å². The molecule has 2 rings (SSSR count). The molecule has 2 aromatic rings. The van der Waals surface area contributed by atoms with E-state index in [9.17, 15) is 19.1 Å². The number of hydrogen-bond donors (Lipinski definition) is 1. The Morgan fingerprint density at radius 1 is 1.07 bits per heavy atom. The molecule has 0 heterocycles. The fourth-order valence-electron chi connectivity index (χ4n) is 3.01. The predicted molar refractivity (Wildman–Crippen MR) is 104 cm³/mol. The number of benzene rings is 2. The Morgan fingerprint density at radius 2 is 1.68 bits per heavy atom. The zero-order chi connectivity index (χ0) is 20.8. The van der Waals surface area contributed by atoms with Crippen LogP contribution in [0.25, 0.3) is 0 Å². The van der Waals surface area contributed by atoms with Crippen LogP contribution in [-0.4, -0.2) is 31.1 Å². The summed E-state index contributed by atoms with van der Waals surface area (Å²) in [5.41, 5.74) is 2.10. The Labute approximate surface area is 163 Å². The van der Waals surface area contributed by atoms with Gasteiger partial charge >= 0.3 is 5.97 Å². The van der Waals surface area contributed by atoms with Crippen LogP contribution in [0.5, 0.6) is 11.5 Å². The van der Waals surface area contributed by atoms with Crippen molar-refractivity contribution in [1.29, 1.82) is 0 Å². The Hall–Kier alpha value is -3.15. The third-order valence-electron chi connectivity index (χ3n) is 4.43. The van der Waals surface area contributed by atoms with Crippen LogP contribution in [0.2, 0.25) is 0 Å². The third-order valence-corrected chi connectivity index (χ3v) is 4.43. The van der Waals surface area contributed by atoms with Gasteiger partial charge in [-0.1, -0.05) is 5.57 Å². The van der Waals surface area contributed by atoms with Crippen molar-refractivity contribution in [2.24, 2.45) is 0 Å². The lowest BCUT2D eigenvalue weighted by Gasteiger charge is -2.19. The van der Waals surface area contributed by atoms with Gasteiger partial charge in [-0.25, -0.2) is 9.18 Å². The first-order valence-corrected chi connectivity index (χ1v) is 8.71. The average Bonchev–Trinajstić information content (AvgIpc) is 2.65. The standard InChI is InChI=1S/C22H23FO5/c1-13(2)5-10-16-17(11-18(24)14-6-8-15(23)9-7-14)21(22(25)26)20(28-4)12-19(16)27-3/h6-9,12H,1,5,10-11H2,2-4H3,(H,25,26). The van der Waals surface area contributed by atoms with Gasteiger partial charge in [-0.15, -0.1) is 6.58 Å². The highest BCUT2D eigenvalue weighted by atomic mass is 19.1. The lowest BCUT2D eigenvalue weighted by atomic mass is 9.90. The maximum Gasteiger partial charge on any atom is 0.339 e. The second-order valence-electron chi connectivity index (χ2n) is 6.48. The SMILES string of the molecule is C=C(C)CCc1c(OC)cc(OC)c(C(=O)O)c1CC(=O)c1ccc(F)cc1. The number of ether oxygens (including phenoxy) is 2. The summed E-state index contributed by atoms with van der Waals surface area (Å²) in [4.78, 5) is 24.7. The zero-order valence-electron chi connectivity index (χ0n) is 16.2. The average molecular weight is 386 g/mol. The summed E-state index contributed by atoms with van der Waals surface area (Å²) >= 11 is 0. The van der Waals surface area contributed by atoms with Gasteiger partial charge in [0.1, 0.15) is 22.9 Å². The van der Waals surface area contributed by atoms with E-state index >= 15 is 0 Å². The highest BCUT2D eigenvalue weighted by Gasteiger charge is 2.25. The van der Waals surface area contributed by atoms with E-state index in [0.717, 1.165) is 5.57 Å². The normalized spacial score (nSPS) is 10.4. The van der Waals surface area contributed by atoms with E-state index in [4.69, 9.17) is 9.47 Å². The smallest absolute Gasteiger partial charge is 0.339 e. The number of allylic oxidation sites excluding steroid dienone is 1. The van der Waals surface area contributed by atoms with Crippen LogP contribution in [-0.2, 0) is 12.8 Å². The maximum absolute atomic E-state index is 13.2. The highest BCUT2D eigenvalue weighted by molar-refractivity contribution is 6.01. The van der Waals surface area contributed by atoms with E-state index in [1.165, 1.54) is 44.6 Å². The van der Waals surface area contributed by atoms with E-state index in [2.05, 4.69) is 6.58 Å². The predicted octanol–water partition coefficient (Wildman–Crippen LogP) is 4.48. The Morgan fingerprint density at radius 3 is 2.18 bits per heavy atom. The number of carboxylic acids is 1. The number of aromatic carboxylic acids is 1. The number of halogens is 1. The molecule has 0 saturated heterocycles. The fraction of sp³-hybridized carbons (Fsp3) is 0.273. The monoisotopic (exact) mass is 386 g/mol. The van der Waals surface area contributed by atoms with Crippen LogP contribution in [0.15, 0.2) is 42.5 Å². The molecule has 0 atom stereocenters. The summed E-state index contributed by atoms with van der Waals surface area (Å²) < 4.78 is 23.8. The molecule has 5 nitrogen and oxygen atoms in total. The molecule has 0 aliphatic carbocycles. The number of carbonyl (C=O) groups is 2. The second-order valence-corrected chi connectivity index (χ2v) is 6.48. The molecule has 148 valence electrons. The number of carboxylic acid groups (broad SMARTS) is 1. The minimum Gasteiger partial charge on any atom is -0.496 e. The highest BCUT2D eigenvalue weighted by Crippen LogP contribution is 2.36. The van der Waals surface area contributed by atoms with Crippen molar-refractivity contribution in [3.05, 3.63) is 70.6 Å². The van der Waals surface area contributed by atoms with Crippen LogP contribution >= 0.6 is 0 Å². The third kappa shape index (κ3) is 4.76. The van der Waals surface area contributed by atoms with Gasteiger partial charge in [0.05, 0.1) is 14.2 Å². The van der Waals surface area contributed by atoms with E-state index in [1.807, 2.05) is 6.92 Å². The summed E-state index contributed by atoms with van der Waals surface area (Å²) in [5.74, 6) is -1.41. The number of hydrogen-bond acceptors (Lipinski definition) is 4. The number of Topliss-reactive ketones (excluding diaryl/α,β-unsaturated/α-hetero) is 1. The van der Waals surface area contributed by atoms with Crippen LogP contribution in [0.4, 0.5) is 4.39 Å². The van der Waals surface area contributed by atoms with Gasteiger partial charge in [0.15, 0.2) is 5.78 Å². The van der Waals surface area contributed by atoms with Gasteiger partial charge in [-0.05, 0) is 55.2 Å². The first-order chi connectivity index (χ1) is 13.3. The van der Waals surface area contributed by atoms with Crippen LogP contribution in [0.3, 0.4) is 0 Å². The van der Waals surface area contributed by atoms with E-state index in [0.29, 0.717) is 35.3 Å². The quantitative estimate of drug-likeness (QED) is 0.508. The molecule has 1 N–H and O–H groups in total. The molecule has 0 unspecified atom stereocenters. The van der Waals surface area contributed by atoms with Crippen molar-refractivity contribution < 1.29 is 28.6 Å². The van der Waals surface area contributed by atoms with Gasteiger partial charge in [-0.2, -0.15) is 0 Å². The molecule has 0 fully saturated rings. The van der Waals surface area contributed by atoms with Crippen molar-refractivity contribution in [3.63, 3.8) is 0 Å². The van der Waals surface area contributed by atoms with Crippen molar-refractivity contribution in [1.82, 2.24) is 0 Å². The minimum absolute atomic E-state index is 0.0736. The van der Waals surface area contributed by atoms with E-state index in [1.54, 1.807) is 0 Å². The van der Waals surface area contributed by atoms with Crippen molar-refractivity contribution in [3.8, 4) is 11.5 Å². The molecule has 0 amide bonds. The number of carbonyl (C=O) groups excluding carboxylic acids is 1. The van der Waals surface area contributed by atoms with Crippen molar-refractivity contribution in [2.45, 2.75) is 26.2 Å². The zero-order valence-corrected chi connectivity index (χ0v) is 16.2. The Kier molecular flexibility index (Phi) is 6.93. The first-order valence-electron chi connectivity index (χ1n) is 8.71. The summed E-state index contributed by atoms with van der Waals surface area (Å²) in [5, 5.41) is 9.76. The summed E-state index contributed by atoms with van der Waals surface area (Å²) in [7, 11) is 2.84. The maximum atomic E-state index is 13.2. The molecule has 6 heteroatoms. The fourth-order valence-corrected chi connectivity index (χ4v) is 3.01. The minimum atomic E-state index is -1.20. The molecular formula is C22H23FO5. The summed E-state index contributed by atoms with van der Waals surface area (Å²) in [6, 6.07) is 6.66. The van der Waals surface area contributed by atoms with Crippen molar-refractivity contribution in [2.75, 3.05) is 14.2 Å². The Bertz CT molecular complexity index is 900. The van der Waals surface area contributed by atoms with Crippen LogP contribution in [0, 0.1) is 5.82 Å². The lowest BCUT2D eigenvalue weighted by Crippen LogP contribution is -2.15. The Balaban J connectivity index is 2.61. The van der Waals surface area contributed by atoms with E-state index in [-0.39, 0.29) is 23.5 Å².